The summed E-state index contributed by atoms with van der Waals surface area (Å²) in [6.45, 7) is -0.677. The van der Waals surface area contributed by atoms with E-state index < -0.39 is 24.3 Å². The first-order chi connectivity index (χ1) is 15.3. The maximum atomic E-state index is 13.7. The summed E-state index contributed by atoms with van der Waals surface area (Å²) < 4.78 is 24.4. The Bertz CT molecular complexity index is 1120. The van der Waals surface area contributed by atoms with Crippen LogP contribution >= 0.6 is 0 Å². The van der Waals surface area contributed by atoms with Crippen LogP contribution in [0, 0.1) is 5.82 Å². The van der Waals surface area contributed by atoms with E-state index in [4.69, 9.17) is 15.2 Å². The first-order valence-corrected chi connectivity index (χ1v) is 9.44. The van der Waals surface area contributed by atoms with Crippen LogP contribution in [0.5, 0.6) is 5.75 Å². The molecule has 0 radical (unpaired) electrons. The minimum atomic E-state index is -0.708. The number of nitrogens with one attached hydrogen (secondary N) is 1. The Morgan fingerprint density at radius 2 is 1.78 bits per heavy atom. The standard InChI is InChI=1S/C21H21FN6O4/c1-28(2)21-26-17(25-20(23)27-21)11-32-19(30)13-7-3-6-10-16(13)31-12-18(29)24-15-9-5-4-8-14(15)22/h3-10H,11-12H2,1-2H3,(H,24,29)(H2,23,25,26,27). The molecule has 1 amide bonds. The Morgan fingerprint density at radius 3 is 2.53 bits per heavy atom. The van der Waals surface area contributed by atoms with Crippen molar-refractivity contribution < 1.29 is 23.5 Å². The van der Waals surface area contributed by atoms with Gasteiger partial charge >= 0.3 is 5.97 Å². The largest absolute Gasteiger partial charge is 0.483 e. The summed E-state index contributed by atoms with van der Waals surface area (Å²) in [4.78, 5) is 38.4. The molecular weight excluding hydrogens is 419 g/mol. The Hall–Kier alpha value is -4.28. The zero-order valence-electron chi connectivity index (χ0n) is 17.4. The van der Waals surface area contributed by atoms with E-state index in [0.29, 0.717) is 5.95 Å². The van der Waals surface area contributed by atoms with Crippen LogP contribution in [-0.2, 0) is 16.1 Å². The van der Waals surface area contributed by atoms with Crippen LogP contribution < -0.4 is 20.7 Å². The van der Waals surface area contributed by atoms with Crippen molar-refractivity contribution in [3.63, 3.8) is 0 Å². The predicted molar refractivity (Wildman–Crippen MR) is 115 cm³/mol. The van der Waals surface area contributed by atoms with Crippen molar-refractivity contribution in [3.8, 4) is 5.75 Å². The van der Waals surface area contributed by atoms with Crippen molar-refractivity contribution in [3.05, 3.63) is 65.7 Å². The Morgan fingerprint density at radius 1 is 1.06 bits per heavy atom. The van der Waals surface area contributed by atoms with Gasteiger partial charge in [0, 0.05) is 14.1 Å². The lowest BCUT2D eigenvalue weighted by Gasteiger charge is -2.13. The summed E-state index contributed by atoms with van der Waals surface area (Å²) >= 11 is 0. The Kier molecular flexibility index (Phi) is 7.11. The van der Waals surface area contributed by atoms with E-state index in [-0.39, 0.29) is 35.4 Å². The molecule has 2 aromatic carbocycles. The summed E-state index contributed by atoms with van der Waals surface area (Å²) in [5, 5.41) is 2.40. The van der Waals surface area contributed by atoms with Crippen LogP contribution in [0.15, 0.2) is 48.5 Å². The van der Waals surface area contributed by atoms with Crippen LogP contribution in [0.4, 0.5) is 22.0 Å². The third kappa shape index (κ3) is 5.88. The second-order valence-electron chi connectivity index (χ2n) is 6.69. The molecule has 0 saturated heterocycles. The molecule has 0 spiro atoms. The topological polar surface area (TPSA) is 133 Å². The smallest absolute Gasteiger partial charge is 0.342 e. The summed E-state index contributed by atoms with van der Waals surface area (Å²) in [6, 6.07) is 12.0. The molecule has 0 bridgehead atoms. The number of aromatic nitrogens is 3. The fraction of sp³-hybridized carbons (Fsp3) is 0.190. The van der Waals surface area contributed by atoms with Crippen molar-refractivity contribution in [2.24, 2.45) is 0 Å². The van der Waals surface area contributed by atoms with Crippen LogP contribution in [0.2, 0.25) is 0 Å². The number of benzene rings is 2. The van der Waals surface area contributed by atoms with Gasteiger partial charge < -0.3 is 25.4 Å². The highest BCUT2D eigenvalue weighted by molar-refractivity contribution is 5.94. The number of carbonyl (C=O) groups is 2. The number of anilines is 3. The third-order valence-corrected chi connectivity index (χ3v) is 4.03. The van der Waals surface area contributed by atoms with E-state index in [2.05, 4.69) is 20.3 Å². The van der Waals surface area contributed by atoms with Gasteiger partial charge in [-0.25, -0.2) is 9.18 Å². The van der Waals surface area contributed by atoms with Crippen LogP contribution in [0.3, 0.4) is 0 Å². The summed E-state index contributed by atoms with van der Waals surface area (Å²) in [5.74, 6) is -1.23. The quantitative estimate of drug-likeness (QED) is 0.505. The van der Waals surface area contributed by atoms with Crippen molar-refractivity contribution >= 4 is 29.5 Å². The first kappa shape index (κ1) is 22.4. The first-order valence-electron chi connectivity index (χ1n) is 9.44. The summed E-state index contributed by atoms with van der Waals surface area (Å²) in [7, 11) is 3.47. The summed E-state index contributed by atoms with van der Waals surface area (Å²) in [6.07, 6.45) is 0. The molecule has 1 aromatic heterocycles. The molecule has 0 aliphatic rings. The highest BCUT2D eigenvalue weighted by Gasteiger charge is 2.17. The average Bonchev–Trinajstić information content (AvgIpc) is 2.77. The number of hydrogen-bond acceptors (Lipinski definition) is 9. The number of halogens is 1. The molecule has 0 aliphatic carbocycles. The van der Waals surface area contributed by atoms with Gasteiger partial charge in [0.15, 0.2) is 19.0 Å². The van der Waals surface area contributed by atoms with Gasteiger partial charge in [0.2, 0.25) is 11.9 Å². The number of ether oxygens (including phenoxy) is 2. The number of nitrogens with zero attached hydrogens (tertiary/aromatic N) is 4. The van der Waals surface area contributed by atoms with Crippen LogP contribution in [-0.4, -0.2) is 47.5 Å². The lowest BCUT2D eigenvalue weighted by molar-refractivity contribution is -0.118. The molecule has 166 valence electrons. The zero-order valence-corrected chi connectivity index (χ0v) is 17.4. The number of nitrogen functional groups attached to an aromatic ring is 1. The molecule has 0 saturated carbocycles. The van der Waals surface area contributed by atoms with E-state index >= 15 is 0 Å². The maximum absolute atomic E-state index is 13.7. The fourth-order valence-electron chi connectivity index (χ4n) is 2.55. The molecule has 3 aromatic rings. The van der Waals surface area contributed by atoms with E-state index in [1.807, 2.05) is 0 Å². The van der Waals surface area contributed by atoms with Gasteiger partial charge in [0.1, 0.15) is 17.1 Å². The number of nitrogens with two attached hydrogens (primary N) is 1. The molecule has 0 aliphatic heterocycles. The third-order valence-electron chi connectivity index (χ3n) is 4.03. The Balaban J connectivity index is 1.62. The second kappa shape index (κ2) is 10.2. The molecule has 10 nitrogen and oxygen atoms in total. The number of esters is 1. The Labute approximate surface area is 183 Å². The minimum absolute atomic E-state index is 0.000604. The maximum Gasteiger partial charge on any atom is 0.342 e. The monoisotopic (exact) mass is 440 g/mol. The number of hydrogen-bond donors (Lipinski definition) is 2. The SMILES string of the molecule is CN(C)c1nc(N)nc(COC(=O)c2ccccc2OCC(=O)Nc2ccccc2F)n1. The zero-order chi connectivity index (χ0) is 23.1. The number of rotatable bonds is 8. The van der Waals surface area contributed by atoms with Crippen molar-refractivity contribution in [1.82, 2.24) is 15.0 Å². The molecule has 0 atom stereocenters. The highest BCUT2D eigenvalue weighted by Crippen LogP contribution is 2.20. The van der Waals surface area contributed by atoms with Gasteiger partial charge in [-0.2, -0.15) is 15.0 Å². The van der Waals surface area contributed by atoms with Crippen LogP contribution in [0.25, 0.3) is 0 Å². The minimum Gasteiger partial charge on any atom is -0.483 e. The van der Waals surface area contributed by atoms with E-state index in [0.717, 1.165) is 0 Å². The number of para-hydroxylation sites is 2. The molecule has 3 N–H and O–H groups in total. The van der Waals surface area contributed by atoms with Gasteiger partial charge in [-0.1, -0.05) is 24.3 Å². The highest BCUT2D eigenvalue weighted by atomic mass is 19.1. The van der Waals surface area contributed by atoms with Crippen LogP contribution in [0.1, 0.15) is 16.2 Å². The molecular formula is C21H21FN6O4. The molecule has 0 unspecified atom stereocenters. The second-order valence-corrected chi connectivity index (χ2v) is 6.69. The average molecular weight is 440 g/mol. The molecule has 11 heteroatoms. The normalized spacial score (nSPS) is 10.3. The molecule has 1 heterocycles. The van der Waals surface area contributed by atoms with Gasteiger partial charge in [0.05, 0.1) is 5.69 Å². The summed E-state index contributed by atoms with van der Waals surface area (Å²) in [5.41, 5.74) is 5.79. The van der Waals surface area contributed by atoms with Crippen molar-refractivity contribution in [1.29, 1.82) is 0 Å². The molecule has 3 rings (SSSR count). The predicted octanol–water partition coefficient (Wildman–Crippen LogP) is 2.03. The van der Waals surface area contributed by atoms with Crippen molar-refractivity contribution in [2.45, 2.75) is 6.61 Å². The van der Waals surface area contributed by atoms with E-state index in [9.17, 15) is 14.0 Å². The fourth-order valence-corrected chi connectivity index (χ4v) is 2.55. The lowest BCUT2D eigenvalue weighted by atomic mass is 10.2. The molecule has 32 heavy (non-hydrogen) atoms. The number of amides is 1. The lowest BCUT2D eigenvalue weighted by Crippen LogP contribution is -2.21. The van der Waals surface area contributed by atoms with Gasteiger partial charge in [-0.15, -0.1) is 0 Å². The number of carbonyl (C=O) groups excluding carboxylic acids is 2. The molecule has 0 fully saturated rings. The van der Waals surface area contributed by atoms with Gasteiger partial charge in [-0.05, 0) is 24.3 Å². The van der Waals surface area contributed by atoms with E-state index in [1.165, 1.54) is 30.3 Å². The van der Waals surface area contributed by atoms with E-state index in [1.54, 1.807) is 37.2 Å². The van der Waals surface area contributed by atoms with Crippen molar-refractivity contribution in [2.75, 3.05) is 36.7 Å². The van der Waals surface area contributed by atoms with Gasteiger partial charge in [-0.3, -0.25) is 4.79 Å². The van der Waals surface area contributed by atoms with Gasteiger partial charge in [0.25, 0.3) is 5.91 Å².